The van der Waals surface area contributed by atoms with Gasteiger partial charge in [0.25, 0.3) is 0 Å². The van der Waals surface area contributed by atoms with Gasteiger partial charge in [0.2, 0.25) is 0 Å². The maximum Gasteiger partial charge on any atom is 0.331 e. The number of nitrogen functional groups attached to an aromatic ring is 2. The van der Waals surface area contributed by atoms with Crippen molar-refractivity contribution >= 4 is 23.4 Å². The number of nitrogens with two attached hydrogens (primary N) is 2. The highest BCUT2D eigenvalue weighted by Crippen LogP contribution is 2.67. The van der Waals surface area contributed by atoms with Gasteiger partial charge in [0.05, 0.1) is 13.2 Å². The Morgan fingerprint density at radius 1 is 0.962 bits per heavy atom. The number of fused-ring (bicyclic) bond motifs is 5. The van der Waals surface area contributed by atoms with Crippen molar-refractivity contribution in [3.63, 3.8) is 0 Å². The first-order chi connectivity index (χ1) is 25.3. The van der Waals surface area contributed by atoms with E-state index in [1.54, 1.807) is 29.8 Å². The Labute approximate surface area is 320 Å². The van der Waals surface area contributed by atoms with Crippen LogP contribution in [0.2, 0.25) is 0 Å². The summed E-state index contributed by atoms with van der Waals surface area (Å²) in [5.41, 5.74) is 16.0. The van der Waals surface area contributed by atoms with Gasteiger partial charge in [0.1, 0.15) is 11.9 Å². The average molecular weight is 725 g/mol. The van der Waals surface area contributed by atoms with Crippen molar-refractivity contribution in [2.45, 2.75) is 119 Å². The molecule has 6 rings (SSSR count). The molecule has 0 aliphatic heterocycles. The Hall–Kier alpha value is -3.51. The first-order valence-electron chi connectivity index (χ1n) is 20.6. The molecule has 4 aliphatic carbocycles. The number of anilines is 2. The quantitative estimate of drug-likeness (QED) is 0.0921. The van der Waals surface area contributed by atoms with E-state index < -0.39 is 0 Å². The number of allylic oxidation sites excluding steroid dienone is 3. The Bertz CT molecular complexity index is 1610. The van der Waals surface area contributed by atoms with Crippen LogP contribution in [0.3, 0.4) is 0 Å². The molecule has 3 fully saturated rings. The van der Waals surface area contributed by atoms with E-state index in [4.69, 9.17) is 20.9 Å². The molecule has 9 atom stereocenters. The van der Waals surface area contributed by atoms with Gasteiger partial charge in [-0.25, -0.2) is 4.79 Å². The molecular weight excluding hydrogens is 657 g/mol. The standard InChI is InChI=1S/C41H60O4.C6H8N2/c1-8-30(27(3)4)13-10-28(5)35-16-17-36-34-15-14-32-25-33(20-22-40(32,6)37(34)21-23-41(35,36)7)45-39(43)19-12-29-11-18-38(44-9-2)31(24-29)26-42;7-5-2-1-3-6(8)4-5/h10-14,18-19,24,27-28,30,33-37,42H,8-9,15-17,20-23,25-26H2,1-7H3;1-4H,7-8H2/b13-10+,19-12+;. The van der Waals surface area contributed by atoms with Crippen molar-refractivity contribution in [1.82, 2.24) is 0 Å². The van der Waals surface area contributed by atoms with E-state index in [0.29, 0.717) is 46.9 Å². The largest absolute Gasteiger partial charge is 0.494 e. The number of hydrogen-bond donors (Lipinski definition) is 3. The van der Waals surface area contributed by atoms with Crippen LogP contribution in [0, 0.1) is 52.3 Å². The van der Waals surface area contributed by atoms with Gasteiger partial charge in [-0.05, 0) is 153 Å². The van der Waals surface area contributed by atoms with E-state index in [2.05, 4.69) is 59.8 Å². The number of esters is 1. The number of aliphatic hydroxyl groups excluding tert-OH is 1. The van der Waals surface area contributed by atoms with Crippen molar-refractivity contribution in [3.05, 3.63) is 83.5 Å². The molecule has 0 aromatic heterocycles. The fourth-order valence-electron chi connectivity index (χ4n) is 11.0. The SMILES string of the molecule is CCOc1ccc(/C=C/C(=O)OC2CCC3(C)C(=CCC4C3CCC3(C)C(C(C)/C=C/C(CC)C(C)C)CCC43)C2)cc1CO.Nc1cccc(N)c1. The summed E-state index contributed by atoms with van der Waals surface area (Å²) in [6.07, 6.45) is 21.8. The zero-order chi connectivity index (χ0) is 38.3. The normalized spacial score (nSPS) is 30.4. The lowest BCUT2D eigenvalue weighted by Crippen LogP contribution is -2.51. The summed E-state index contributed by atoms with van der Waals surface area (Å²) in [5.74, 6) is 5.61. The van der Waals surface area contributed by atoms with Gasteiger partial charge >= 0.3 is 5.97 Å². The number of ether oxygens (including phenoxy) is 2. The summed E-state index contributed by atoms with van der Waals surface area (Å²) >= 11 is 0. The molecule has 9 unspecified atom stereocenters. The van der Waals surface area contributed by atoms with E-state index in [1.165, 1.54) is 44.6 Å². The molecule has 4 aliphatic rings. The smallest absolute Gasteiger partial charge is 0.331 e. The first-order valence-corrected chi connectivity index (χ1v) is 20.6. The first kappa shape index (κ1) is 40.7. The maximum atomic E-state index is 12.8. The number of hydrogen-bond acceptors (Lipinski definition) is 6. The van der Waals surface area contributed by atoms with Gasteiger partial charge in [-0.1, -0.05) is 77.5 Å². The number of aliphatic hydroxyl groups is 1. The third-order valence-corrected chi connectivity index (χ3v) is 13.9. The molecule has 6 heteroatoms. The Morgan fingerprint density at radius 3 is 2.36 bits per heavy atom. The van der Waals surface area contributed by atoms with Crippen LogP contribution in [0.5, 0.6) is 5.75 Å². The highest BCUT2D eigenvalue weighted by Gasteiger charge is 2.59. The van der Waals surface area contributed by atoms with Crippen molar-refractivity contribution in [2.75, 3.05) is 18.1 Å². The third-order valence-electron chi connectivity index (χ3n) is 13.9. The zero-order valence-electron chi connectivity index (χ0n) is 33.7. The minimum atomic E-state index is -0.287. The van der Waals surface area contributed by atoms with Gasteiger partial charge < -0.3 is 26.0 Å². The monoisotopic (exact) mass is 725 g/mol. The highest BCUT2D eigenvalue weighted by atomic mass is 16.5. The summed E-state index contributed by atoms with van der Waals surface area (Å²) in [7, 11) is 0. The minimum Gasteiger partial charge on any atom is -0.494 e. The predicted octanol–water partition coefficient (Wildman–Crippen LogP) is 10.8. The third kappa shape index (κ3) is 9.24. The number of rotatable bonds is 11. The zero-order valence-corrected chi connectivity index (χ0v) is 33.7. The van der Waals surface area contributed by atoms with Crippen LogP contribution >= 0.6 is 0 Å². The average Bonchev–Trinajstić information content (AvgIpc) is 3.49. The number of carbonyl (C=O) groups is 1. The molecule has 0 saturated heterocycles. The van der Waals surface area contributed by atoms with Gasteiger partial charge in [-0.3, -0.25) is 0 Å². The molecular formula is C47H68N2O4. The van der Waals surface area contributed by atoms with E-state index in [9.17, 15) is 9.90 Å². The van der Waals surface area contributed by atoms with E-state index in [0.717, 1.165) is 54.1 Å². The van der Waals surface area contributed by atoms with Crippen LogP contribution in [0.15, 0.2) is 72.3 Å². The topological polar surface area (TPSA) is 108 Å². The number of benzene rings is 2. The molecule has 0 amide bonds. The van der Waals surface area contributed by atoms with E-state index in [-0.39, 0.29) is 24.1 Å². The second-order valence-electron chi connectivity index (χ2n) is 17.3. The van der Waals surface area contributed by atoms with Crippen molar-refractivity contribution in [2.24, 2.45) is 52.3 Å². The summed E-state index contributed by atoms with van der Waals surface area (Å²) < 4.78 is 11.6. The number of carbonyl (C=O) groups excluding carboxylic acids is 1. The van der Waals surface area contributed by atoms with Crippen LogP contribution in [0.1, 0.15) is 117 Å². The summed E-state index contributed by atoms with van der Waals surface area (Å²) in [6, 6.07) is 12.8. The maximum absolute atomic E-state index is 12.8. The fourth-order valence-corrected chi connectivity index (χ4v) is 11.0. The van der Waals surface area contributed by atoms with Gasteiger partial charge in [-0.2, -0.15) is 0 Å². The second-order valence-corrected chi connectivity index (χ2v) is 17.3. The van der Waals surface area contributed by atoms with Crippen LogP contribution < -0.4 is 16.2 Å². The molecule has 0 bridgehead atoms. The van der Waals surface area contributed by atoms with E-state index in [1.807, 2.05) is 31.2 Å². The predicted molar refractivity (Wildman–Crippen MR) is 220 cm³/mol. The van der Waals surface area contributed by atoms with E-state index >= 15 is 0 Å². The molecule has 6 nitrogen and oxygen atoms in total. The van der Waals surface area contributed by atoms with Gasteiger partial charge in [0, 0.05) is 29.4 Å². The van der Waals surface area contributed by atoms with Crippen molar-refractivity contribution in [3.8, 4) is 5.75 Å². The lowest BCUT2D eigenvalue weighted by atomic mass is 9.47. The molecule has 0 radical (unpaired) electrons. The Kier molecular flexibility index (Phi) is 13.6. The van der Waals surface area contributed by atoms with Crippen LogP contribution in [-0.4, -0.2) is 23.8 Å². The minimum absolute atomic E-state index is 0.0542. The summed E-state index contributed by atoms with van der Waals surface area (Å²) in [5, 5.41) is 9.70. The molecule has 2 aromatic rings. The van der Waals surface area contributed by atoms with Crippen molar-refractivity contribution in [1.29, 1.82) is 0 Å². The fraction of sp³-hybridized carbons (Fsp3) is 0.596. The lowest BCUT2D eigenvalue weighted by molar-refractivity contribution is -0.145. The Morgan fingerprint density at radius 2 is 1.72 bits per heavy atom. The Balaban J connectivity index is 0.000000599. The molecule has 5 N–H and O–H groups in total. The second kappa shape index (κ2) is 17.8. The van der Waals surface area contributed by atoms with Crippen molar-refractivity contribution < 1.29 is 19.4 Å². The summed E-state index contributed by atoms with van der Waals surface area (Å²) in [4.78, 5) is 12.8. The van der Waals surface area contributed by atoms with Crippen LogP contribution in [0.25, 0.3) is 6.08 Å². The lowest BCUT2D eigenvalue weighted by Gasteiger charge is -2.58. The molecule has 290 valence electrons. The van der Waals surface area contributed by atoms with Crippen LogP contribution in [-0.2, 0) is 16.1 Å². The molecule has 0 spiro atoms. The molecule has 53 heavy (non-hydrogen) atoms. The summed E-state index contributed by atoms with van der Waals surface area (Å²) in [6.45, 7) is 17.1. The molecule has 3 saturated carbocycles. The highest BCUT2D eigenvalue weighted by molar-refractivity contribution is 5.87. The van der Waals surface area contributed by atoms with Gasteiger partial charge in [-0.15, -0.1) is 0 Å². The van der Waals surface area contributed by atoms with Crippen LogP contribution in [0.4, 0.5) is 11.4 Å². The van der Waals surface area contributed by atoms with Gasteiger partial charge in [0.15, 0.2) is 0 Å². The molecule has 0 heterocycles. The molecule has 2 aromatic carbocycles.